The zero-order valence-corrected chi connectivity index (χ0v) is 20.3. The molecule has 0 atom stereocenters. The molecule has 1 heterocycles. The van der Waals surface area contributed by atoms with Gasteiger partial charge in [-0.3, -0.25) is 9.52 Å². The maximum absolute atomic E-state index is 13.1. The van der Waals surface area contributed by atoms with Crippen LogP contribution >= 0.6 is 0 Å². The van der Waals surface area contributed by atoms with Crippen LogP contribution in [0.15, 0.2) is 77.7 Å². The number of sulfonamides is 1. The zero-order chi connectivity index (χ0) is 24.2. The summed E-state index contributed by atoms with van der Waals surface area (Å²) in [5, 5.41) is 3.05. The molecular formula is C27H30N2O4S. The summed E-state index contributed by atoms with van der Waals surface area (Å²) in [6.45, 7) is 5.39. The fourth-order valence-corrected chi connectivity index (χ4v) is 5.67. The van der Waals surface area contributed by atoms with Gasteiger partial charge >= 0.3 is 0 Å². The second-order valence-corrected chi connectivity index (χ2v) is 10.5. The highest BCUT2D eigenvalue weighted by Crippen LogP contribution is 2.34. The van der Waals surface area contributed by atoms with Crippen molar-refractivity contribution in [1.29, 1.82) is 0 Å². The molecule has 1 saturated heterocycles. The van der Waals surface area contributed by atoms with Gasteiger partial charge in [-0.05, 0) is 62.1 Å². The van der Waals surface area contributed by atoms with Gasteiger partial charge in [0.05, 0.1) is 4.90 Å². The van der Waals surface area contributed by atoms with E-state index < -0.39 is 10.0 Å². The van der Waals surface area contributed by atoms with Gasteiger partial charge in [0, 0.05) is 36.4 Å². The molecule has 0 aliphatic carbocycles. The lowest BCUT2D eigenvalue weighted by Gasteiger charge is -2.38. The first-order valence-corrected chi connectivity index (χ1v) is 12.9. The lowest BCUT2D eigenvalue weighted by Crippen LogP contribution is -2.44. The van der Waals surface area contributed by atoms with E-state index in [1.807, 2.05) is 37.3 Å². The summed E-state index contributed by atoms with van der Waals surface area (Å²) in [6, 6.07) is 22.1. The first kappa shape index (κ1) is 24.0. The molecule has 0 bridgehead atoms. The number of carbonyl (C=O) groups is 1. The van der Waals surface area contributed by atoms with Crippen LogP contribution in [0.4, 0.5) is 5.69 Å². The lowest BCUT2D eigenvalue weighted by atomic mass is 9.74. The average Bonchev–Trinajstić information content (AvgIpc) is 2.85. The summed E-state index contributed by atoms with van der Waals surface area (Å²) in [7, 11) is -3.85. The quantitative estimate of drug-likeness (QED) is 0.521. The highest BCUT2D eigenvalue weighted by atomic mass is 32.2. The fraction of sp³-hybridized carbons (Fsp3) is 0.296. The Morgan fingerprint density at radius 3 is 2.29 bits per heavy atom. The van der Waals surface area contributed by atoms with E-state index in [0.717, 1.165) is 18.4 Å². The van der Waals surface area contributed by atoms with Crippen LogP contribution in [-0.4, -0.2) is 34.1 Å². The van der Waals surface area contributed by atoms with Gasteiger partial charge in [0.1, 0.15) is 0 Å². The number of hydrogen-bond acceptors (Lipinski definition) is 4. The minimum Gasteiger partial charge on any atom is -0.381 e. The van der Waals surface area contributed by atoms with E-state index >= 15 is 0 Å². The van der Waals surface area contributed by atoms with E-state index in [9.17, 15) is 13.2 Å². The minimum absolute atomic E-state index is 0.0876. The van der Waals surface area contributed by atoms with Crippen LogP contribution in [0.3, 0.4) is 0 Å². The van der Waals surface area contributed by atoms with E-state index in [1.54, 1.807) is 31.2 Å². The van der Waals surface area contributed by atoms with Crippen molar-refractivity contribution in [2.75, 3.05) is 24.5 Å². The highest BCUT2D eigenvalue weighted by molar-refractivity contribution is 7.92. The topological polar surface area (TPSA) is 84.5 Å². The molecule has 2 N–H and O–H groups in total. The molecule has 0 unspecified atom stereocenters. The van der Waals surface area contributed by atoms with Crippen LogP contribution in [0, 0.1) is 13.8 Å². The van der Waals surface area contributed by atoms with Crippen LogP contribution in [0.25, 0.3) is 0 Å². The Balaban J connectivity index is 1.53. The fourth-order valence-electron chi connectivity index (χ4n) is 4.34. The monoisotopic (exact) mass is 478 g/mol. The van der Waals surface area contributed by atoms with Crippen LogP contribution < -0.4 is 10.0 Å². The largest absolute Gasteiger partial charge is 0.381 e. The van der Waals surface area contributed by atoms with E-state index in [4.69, 9.17) is 4.74 Å². The molecule has 0 aromatic heterocycles. The van der Waals surface area contributed by atoms with Crippen LogP contribution in [0.1, 0.15) is 39.9 Å². The molecule has 1 amide bonds. The summed E-state index contributed by atoms with van der Waals surface area (Å²) >= 11 is 0. The molecule has 3 aromatic rings. The van der Waals surface area contributed by atoms with Gasteiger partial charge in [-0.1, -0.05) is 54.1 Å². The van der Waals surface area contributed by atoms with Gasteiger partial charge in [0.15, 0.2) is 0 Å². The molecule has 6 nitrogen and oxygen atoms in total. The van der Waals surface area contributed by atoms with Crippen molar-refractivity contribution in [2.24, 2.45) is 0 Å². The first-order chi connectivity index (χ1) is 16.3. The van der Waals surface area contributed by atoms with Crippen LogP contribution in [-0.2, 0) is 20.2 Å². The Morgan fingerprint density at radius 1 is 0.941 bits per heavy atom. The number of carbonyl (C=O) groups excluding carboxylic acids is 1. The molecule has 3 aromatic carbocycles. The van der Waals surface area contributed by atoms with Crippen LogP contribution in [0.5, 0.6) is 0 Å². The van der Waals surface area contributed by atoms with Crippen molar-refractivity contribution in [3.63, 3.8) is 0 Å². The number of aryl methyl sites for hydroxylation is 2. The van der Waals surface area contributed by atoms with Gasteiger partial charge in [0.2, 0.25) is 0 Å². The number of benzene rings is 3. The van der Waals surface area contributed by atoms with E-state index in [-0.39, 0.29) is 16.2 Å². The summed E-state index contributed by atoms with van der Waals surface area (Å²) in [5.41, 5.74) is 3.36. The number of rotatable bonds is 7. The molecule has 4 rings (SSSR count). The smallest absolute Gasteiger partial charge is 0.262 e. The maximum Gasteiger partial charge on any atom is 0.262 e. The number of amides is 1. The molecule has 34 heavy (non-hydrogen) atoms. The molecular weight excluding hydrogens is 448 g/mol. The average molecular weight is 479 g/mol. The van der Waals surface area contributed by atoms with Crippen molar-refractivity contribution in [3.8, 4) is 0 Å². The third kappa shape index (κ3) is 5.32. The van der Waals surface area contributed by atoms with E-state index in [0.29, 0.717) is 36.6 Å². The minimum atomic E-state index is -3.85. The Morgan fingerprint density at radius 2 is 1.62 bits per heavy atom. The van der Waals surface area contributed by atoms with Crippen LogP contribution in [0.2, 0.25) is 0 Å². The summed E-state index contributed by atoms with van der Waals surface area (Å²) < 4.78 is 34.3. The molecule has 7 heteroatoms. The van der Waals surface area contributed by atoms with Gasteiger partial charge in [-0.2, -0.15) is 0 Å². The van der Waals surface area contributed by atoms with Crippen molar-refractivity contribution in [3.05, 3.63) is 95.1 Å². The number of nitrogens with one attached hydrogen (secondary N) is 2. The van der Waals surface area contributed by atoms with E-state index in [2.05, 4.69) is 22.2 Å². The van der Waals surface area contributed by atoms with Gasteiger partial charge in [-0.25, -0.2) is 8.42 Å². The van der Waals surface area contributed by atoms with Crippen molar-refractivity contribution >= 4 is 21.6 Å². The second-order valence-electron chi connectivity index (χ2n) is 8.89. The Hall–Kier alpha value is -3.16. The second kappa shape index (κ2) is 9.99. The first-order valence-electron chi connectivity index (χ1n) is 11.4. The third-order valence-corrected chi connectivity index (χ3v) is 7.99. The predicted molar refractivity (Wildman–Crippen MR) is 134 cm³/mol. The van der Waals surface area contributed by atoms with Crippen molar-refractivity contribution < 1.29 is 17.9 Å². The molecule has 0 spiro atoms. The molecule has 1 aliphatic rings. The summed E-state index contributed by atoms with van der Waals surface area (Å²) in [6.07, 6.45) is 1.62. The summed E-state index contributed by atoms with van der Waals surface area (Å²) in [4.78, 5) is 13.2. The van der Waals surface area contributed by atoms with E-state index in [1.165, 1.54) is 11.6 Å². The number of anilines is 1. The van der Waals surface area contributed by atoms with Crippen molar-refractivity contribution in [1.82, 2.24) is 5.32 Å². The molecule has 0 saturated carbocycles. The number of hydrogen-bond donors (Lipinski definition) is 2. The normalized spacial score (nSPS) is 15.5. The SMILES string of the molecule is Cc1ccc(NS(=O)(=O)c2cc(C(=O)NCC3(c4ccccc4)CCOCC3)ccc2C)cc1. The lowest BCUT2D eigenvalue weighted by molar-refractivity contribution is 0.0487. The van der Waals surface area contributed by atoms with Gasteiger partial charge in [-0.15, -0.1) is 0 Å². The standard InChI is InChI=1S/C27H30N2O4S/c1-20-8-12-24(13-9-20)29-34(31,32)25-18-22(11-10-21(25)2)26(30)28-19-27(14-16-33-17-15-27)23-6-4-3-5-7-23/h3-13,18,29H,14-17,19H2,1-2H3,(H,28,30). The Kier molecular flexibility index (Phi) is 7.05. The van der Waals surface area contributed by atoms with Crippen molar-refractivity contribution in [2.45, 2.75) is 37.0 Å². The molecule has 1 fully saturated rings. The number of ether oxygens (including phenoxy) is 1. The zero-order valence-electron chi connectivity index (χ0n) is 19.5. The van der Waals surface area contributed by atoms with Gasteiger partial charge < -0.3 is 10.1 Å². The third-order valence-electron chi connectivity index (χ3n) is 6.47. The maximum atomic E-state index is 13.1. The Labute approximate surface area is 201 Å². The Bertz CT molecular complexity index is 1250. The molecule has 1 aliphatic heterocycles. The summed E-state index contributed by atoms with van der Waals surface area (Å²) in [5.74, 6) is -0.298. The highest BCUT2D eigenvalue weighted by Gasteiger charge is 2.35. The molecule has 178 valence electrons. The van der Waals surface area contributed by atoms with Gasteiger partial charge in [0.25, 0.3) is 15.9 Å². The molecule has 0 radical (unpaired) electrons. The predicted octanol–water partition coefficient (Wildman–Crippen LogP) is 4.58.